The molecule has 0 saturated heterocycles. The summed E-state index contributed by atoms with van der Waals surface area (Å²) in [6, 6.07) is 23.8. The van der Waals surface area contributed by atoms with E-state index in [1.165, 1.54) is 11.0 Å². The van der Waals surface area contributed by atoms with Crippen molar-refractivity contribution in [3.8, 4) is 0 Å². The lowest BCUT2D eigenvalue weighted by molar-refractivity contribution is 0.0642. The van der Waals surface area contributed by atoms with Gasteiger partial charge in [0.25, 0.3) is 17.7 Å². The maximum absolute atomic E-state index is 12.8. The van der Waals surface area contributed by atoms with Gasteiger partial charge in [0.05, 0.1) is 17.7 Å². The van der Waals surface area contributed by atoms with Crippen molar-refractivity contribution in [1.29, 1.82) is 0 Å². The Kier molecular flexibility index (Phi) is 4.96. The summed E-state index contributed by atoms with van der Waals surface area (Å²) in [5, 5.41) is 0. The van der Waals surface area contributed by atoms with Crippen LogP contribution in [0.1, 0.15) is 42.2 Å². The summed E-state index contributed by atoms with van der Waals surface area (Å²) in [7, 11) is 1.72. The zero-order chi connectivity index (χ0) is 20.4. The van der Waals surface area contributed by atoms with Gasteiger partial charge in [-0.15, -0.1) is 0 Å². The van der Waals surface area contributed by atoms with Crippen LogP contribution in [0.25, 0.3) is 0 Å². The molecule has 0 bridgehead atoms. The summed E-state index contributed by atoms with van der Waals surface area (Å²) < 4.78 is 0. The van der Waals surface area contributed by atoms with Gasteiger partial charge in [0.2, 0.25) is 0 Å². The third kappa shape index (κ3) is 3.67. The topological polar surface area (TPSA) is 57.7 Å². The maximum atomic E-state index is 12.8. The lowest BCUT2D eigenvalue weighted by atomic mass is 10.0. The summed E-state index contributed by atoms with van der Waals surface area (Å²) in [5.41, 5.74) is 2.91. The summed E-state index contributed by atoms with van der Waals surface area (Å²) in [4.78, 5) is 41.2. The quantitative estimate of drug-likeness (QED) is 0.630. The summed E-state index contributed by atoms with van der Waals surface area (Å²) in [5.74, 6) is -0.891. The van der Waals surface area contributed by atoms with Gasteiger partial charge in [-0.1, -0.05) is 60.7 Å². The highest BCUT2D eigenvalue weighted by Crippen LogP contribution is 2.26. The van der Waals surface area contributed by atoms with E-state index in [1.54, 1.807) is 24.1 Å². The second-order valence-electron chi connectivity index (χ2n) is 7.09. The molecule has 0 aliphatic carbocycles. The number of carbonyl (C=O) groups excluding carboxylic acids is 3. The Morgan fingerprint density at radius 2 is 1.38 bits per heavy atom. The average Bonchev–Trinajstić information content (AvgIpc) is 2.99. The first-order valence-corrected chi connectivity index (χ1v) is 9.38. The second kappa shape index (κ2) is 7.72. The largest absolute Gasteiger partial charge is 0.337 e. The Morgan fingerprint density at radius 1 is 0.793 bits per heavy atom. The Hall–Kier alpha value is -3.73. The normalized spacial score (nSPS) is 12.8. The van der Waals surface area contributed by atoms with E-state index in [2.05, 4.69) is 0 Å². The molecule has 0 saturated carbocycles. The molecule has 29 heavy (non-hydrogen) atoms. The highest BCUT2D eigenvalue weighted by molar-refractivity contribution is 6.22. The highest BCUT2D eigenvalue weighted by atomic mass is 16.2. The van der Waals surface area contributed by atoms with E-state index in [1.807, 2.05) is 60.7 Å². The van der Waals surface area contributed by atoms with Gasteiger partial charge in [-0.2, -0.15) is 0 Å². The number of carbonyl (C=O) groups is 3. The summed E-state index contributed by atoms with van der Waals surface area (Å²) in [6.07, 6.45) is 0. The van der Waals surface area contributed by atoms with E-state index in [0.29, 0.717) is 17.7 Å². The number of fused-ring (bicyclic) bond motifs is 1. The number of benzene rings is 3. The smallest absolute Gasteiger partial charge is 0.261 e. The Morgan fingerprint density at radius 3 is 2.03 bits per heavy atom. The van der Waals surface area contributed by atoms with Crippen LogP contribution in [0.4, 0.5) is 0 Å². The number of hydrogen-bond acceptors (Lipinski definition) is 3. The van der Waals surface area contributed by atoms with Gasteiger partial charge >= 0.3 is 0 Å². The predicted octanol–water partition coefficient (Wildman–Crippen LogP) is 3.76. The number of amides is 3. The number of rotatable bonds is 5. The fraction of sp³-hybridized carbons (Fsp3) is 0.125. The monoisotopic (exact) mass is 384 g/mol. The fourth-order valence-electron chi connectivity index (χ4n) is 3.48. The first kappa shape index (κ1) is 18.6. The van der Waals surface area contributed by atoms with Crippen molar-refractivity contribution in [2.75, 3.05) is 7.05 Å². The van der Waals surface area contributed by atoms with E-state index in [-0.39, 0.29) is 29.8 Å². The molecule has 0 atom stereocenters. The van der Waals surface area contributed by atoms with Gasteiger partial charge in [-0.25, -0.2) is 0 Å². The third-order valence-electron chi connectivity index (χ3n) is 5.01. The van der Waals surface area contributed by atoms with Crippen LogP contribution in [0.15, 0.2) is 78.9 Å². The van der Waals surface area contributed by atoms with Crippen molar-refractivity contribution in [3.05, 3.63) is 107 Å². The van der Waals surface area contributed by atoms with Crippen molar-refractivity contribution in [1.82, 2.24) is 9.80 Å². The number of nitrogens with zero attached hydrogens (tertiary/aromatic N) is 2. The van der Waals surface area contributed by atoms with Crippen LogP contribution in [-0.2, 0) is 13.1 Å². The molecule has 0 fully saturated rings. The van der Waals surface area contributed by atoms with Gasteiger partial charge in [0.15, 0.2) is 0 Å². The molecule has 0 radical (unpaired) electrons. The SMILES string of the molecule is CN(Cc1ccccc1)C(=O)c1ccc2c(c1)C(=O)N(Cc1ccccc1)C2=O. The van der Waals surface area contributed by atoms with Crippen LogP contribution >= 0.6 is 0 Å². The molecule has 1 aliphatic heterocycles. The van der Waals surface area contributed by atoms with Crippen molar-refractivity contribution in [3.63, 3.8) is 0 Å². The molecule has 1 aliphatic rings. The Balaban J connectivity index is 1.54. The molecule has 1 heterocycles. The number of imide groups is 1. The molecule has 0 unspecified atom stereocenters. The van der Waals surface area contributed by atoms with E-state index in [9.17, 15) is 14.4 Å². The minimum absolute atomic E-state index is 0.196. The maximum Gasteiger partial charge on any atom is 0.261 e. The van der Waals surface area contributed by atoms with Crippen LogP contribution in [0.5, 0.6) is 0 Å². The lowest BCUT2D eigenvalue weighted by Crippen LogP contribution is -2.29. The molecule has 0 spiro atoms. The Labute approximate surface area is 169 Å². The molecule has 0 aromatic heterocycles. The molecular weight excluding hydrogens is 364 g/mol. The predicted molar refractivity (Wildman–Crippen MR) is 109 cm³/mol. The molecule has 0 N–H and O–H groups in total. The highest BCUT2D eigenvalue weighted by Gasteiger charge is 2.36. The fourth-order valence-corrected chi connectivity index (χ4v) is 3.48. The molecular formula is C24H20N2O3. The second-order valence-corrected chi connectivity index (χ2v) is 7.09. The van der Waals surface area contributed by atoms with E-state index in [4.69, 9.17) is 0 Å². The van der Waals surface area contributed by atoms with Crippen LogP contribution in [0, 0.1) is 0 Å². The minimum atomic E-state index is -0.366. The summed E-state index contributed by atoms with van der Waals surface area (Å²) >= 11 is 0. The van der Waals surface area contributed by atoms with Gasteiger partial charge in [0.1, 0.15) is 0 Å². The first-order valence-electron chi connectivity index (χ1n) is 9.38. The minimum Gasteiger partial charge on any atom is -0.337 e. The Bertz CT molecular complexity index is 1080. The summed E-state index contributed by atoms with van der Waals surface area (Å²) in [6.45, 7) is 0.675. The molecule has 3 amide bonds. The van der Waals surface area contributed by atoms with E-state index < -0.39 is 0 Å². The molecule has 5 heteroatoms. The van der Waals surface area contributed by atoms with Crippen molar-refractivity contribution >= 4 is 17.7 Å². The van der Waals surface area contributed by atoms with Crippen LogP contribution in [0.3, 0.4) is 0 Å². The van der Waals surface area contributed by atoms with Gasteiger partial charge in [-0.3, -0.25) is 19.3 Å². The molecule has 3 aromatic rings. The molecule has 5 nitrogen and oxygen atoms in total. The molecule has 144 valence electrons. The van der Waals surface area contributed by atoms with E-state index in [0.717, 1.165) is 11.1 Å². The first-order chi connectivity index (χ1) is 14.0. The van der Waals surface area contributed by atoms with Gasteiger partial charge < -0.3 is 4.90 Å². The van der Waals surface area contributed by atoms with Crippen molar-refractivity contribution in [2.24, 2.45) is 0 Å². The van der Waals surface area contributed by atoms with Crippen molar-refractivity contribution < 1.29 is 14.4 Å². The van der Waals surface area contributed by atoms with Crippen LogP contribution in [0.2, 0.25) is 0 Å². The lowest BCUT2D eigenvalue weighted by Gasteiger charge is -2.17. The van der Waals surface area contributed by atoms with Gasteiger partial charge in [0, 0.05) is 19.2 Å². The zero-order valence-corrected chi connectivity index (χ0v) is 16.0. The molecule has 4 rings (SSSR count). The van der Waals surface area contributed by atoms with Crippen LogP contribution < -0.4 is 0 Å². The zero-order valence-electron chi connectivity index (χ0n) is 16.0. The number of hydrogen-bond donors (Lipinski definition) is 0. The standard InChI is InChI=1S/C24H20N2O3/c1-25(15-17-8-4-2-5-9-17)22(27)19-12-13-20-21(14-19)24(29)26(23(20)28)16-18-10-6-3-7-11-18/h2-14H,15-16H2,1H3. The average molecular weight is 384 g/mol. The third-order valence-corrected chi connectivity index (χ3v) is 5.01. The molecule has 3 aromatic carbocycles. The van der Waals surface area contributed by atoms with Crippen LogP contribution in [-0.4, -0.2) is 34.6 Å². The van der Waals surface area contributed by atoms with Crippen molar-refractivity contribution in [2.45, 2.75) is 13.1 Å². The van der Waals surface area contributed by atoms with E-state index >= 15 is 0 Å². The van der Waals surface area contributed by atoms with Gasteiger partial charge in [-0.05, 0) is 29.3 Å².